The Labute approximate surface area is 148 Å². The highest BCUT2D eigenvalue weighted by Gasteiger charge is 2.45. The number of aromatic nitrogens is 1. The molecule has 0 N–H and O–H groups in total. The van der Waals surface area contributed by atoms with Gasteiger partial charge in [0.05, 0.1) is 25.3 Å². The fraction of sp³-hybridized carbons (Fsp3) is 0.632. The summed E-state index contributed by atoms with van der Waals surface area (Å²) in [5.41, 5.74) is 0.895. The van der Waals surface area contributed by atoms with Crippen LogP contribution in [0.1, 0.15) is 49.7 Å². The number of nitrogens with zero attached hydrogens (tertiary/aromatic N) is 2. The summed E-state index contributed by atoms with van der Waals surface area (Å²) in [7, 11) is 0. The number of aryl methyl sites for hydroxylation is 1. The van der Waals surface area contributed by atoms with Crippen molar-refractivity contribution in [3.05, 3.63) is 29.6 Å². The Morgan fingerprint density at radius 1 is 1.24 bits per heavy atom. The maximum atomic E-state index is 12.9. The minimum atomic E-state index is -0.536. The number of amides is 1. The number of fused-ring (bicyclic) bond motifs is 2. The zero-order chi connectivity index (χ0) is 18.2. The van der Waals surface area contributed by atoms with E-state index in [0.29, 0.717) is 31.6 Å². The van der Waals surface area contributed by atoms with E-state index in [4.69, 9.17) is 9.47 Å². The third kappa shape index (κ3) is 3.84. The number of hydrogen-bond donors (Lipinski definition) is 0. The Morgan fingerprint density at radius 2 is 1.88 bits per heavy atom. The lowest BCUT2D eigenvalue weighted by molar-refractivity contribution is -0.0861. The van der Waals surface area contributed by atoms with Gasteiger partial charge >= 0.3 is 6.09 Å². The molecular formula is C19H26N2O4. The Kier molecular flexibility index (Phi) is 4.82. The Bertz CT molecular complexity index is 654. The largest absolute Gasteiger partial charge is 0.444 e. The van der Waals surface area contributed by atoms with Gasteiger partial charge in [-0.05, 0) is 52.7 Å². The minimum absolute atomic E-state index is 0.111. The molecule has 6 heteroatoms. The van der Waals surface area contributed by atoms with Crippen molar-refractivity contribution in [2.24, 2.45) is 5.92 Å². The molecule has 6 nitrogen and oxygen atoms in total. The third-order valence-corrected chi connectivity index (χ3v) is 4.77. The summed E-state index contributed by atoms with van der Waals surface area (Å²) < 4.78 is 11.2. The zero-order valence-corrected chi connectivity index (χ0v) is 15.3. The van der Waals surface area contributed by atoms with Crippen LogP contribution in [0.5, 0.6) is 0 Å². The maximum Gasteiger partial charge on any atom is 0.410 e. The van der Waals surface area contributed by atoms with Crippen molar-refractivity contribution in [1.29, 1.82) is 0 Å². The molecule has 2 saturated heterocycles. The lowest BCUT2D eigenvalue weighted by atomic mass is 9.80. The van der Waals surface area contributed by atoms with Gasteiger partial charge in [0.25, 0.3) is 0 Å². The van der Waals surface area contributed by atoms with Crippen LogP contribution in [0.3, 0.4) is 0 Å². The second-order valence-corrected chi connectivity index (χ2v) is 7.90. The highest BCUT2D eigenvalue weighted by Crippen LogP contribution is 2.34. The Hall–Kier alpha value is -1.95. The van der Waals surface area contributed by atoms with Gasteiger partial charge in [-0.25, -0.2) is 4.79 Å². The maximum absolute atomic E-state index is 12.9. The van der Waals surface area contributed by atoms with Gasteiger partial charge in [0.1, 0.15) is 5.60 Å². The summed E-state index contributed by atoms with van der Waals surface area (Å²) in [6, 6.07) is 3.39. The topological polar surface area (TPSA) is 68.7 Å². The first-order valence-electron chi connectivity index (χ1n) is 8.81. The van der Waals surface area contributed by atoms with Gasteiger partial charge in [-0.3, -0.25) is 14.7 Å². The van der Waals surface area contributed by atoms with Crippen molar-refractivity contribution in [3.63, 3.8) is 0 Å². The molecule has 2 aliphatic heterocycles. The summed E-state index contributed by atoms with van der Waals surface area (Å²) >= 11 is 0. The van der Waals surface area contributed by atoms with Crippen molar-refractivity contribution >= 4 is 11.9 Å². The average molecular weight is 346 g/mol. The van der Waals surface area contributed by atoms with Crippen LogP contribution >= 0.6 is 0 Å². The van der Waals surface area contributed by atoms with Gasteiger partial charge in [-0.1, -0.05) is 0 Å². The van der Waals surface area contributed by atoms with E-state index >= 15 is 0 Å². The molecule has 136 valence electrons. The van der Waals surface area contributed by atoms with Crippen LogP contribution in [0.15, 0.2) is 18.3 Å². The van der Waals surface area contributed by atoms with Crippen molar-refractivity contribution in [2.45, 2.75) is 58.2 Å². The number of Topliss-reactive ketones (excluding diaryl/α,β-unsaturated/α-hetero) is 1. The molecule has 25 heavy (non-hydrogen) atoms. The van der Waals surface area contributed by atoms with Crippen LogP contribution in [0, 0.1) is 12.8 Å². The number of morpholine rings is 1. The Morgan fingerprint density at radius 3 is 2.44 bits per heavy atom. The van der Waals surface area contributed by atoms with Crippen LogP contribution in [0.2, 0.25) is 0 Å². The molecule has 0 radical (unpaired) electrons. The number of carbonyl (C=O) groups excluding carboxylic acids is 2. The van der Waals surface area contributed by atoms with Crippen LogP contribution in [-0.2, 0) is 9.47 Å². The molecule has 0 aromatic carbocycles. The molecule has 0 aliphatic carbocycles. The van der Waals surface area contributed by atoms with E-state index in [-0.39, 0.29) is 29.9 Å². The summed E-state index contributed by atoms with van der Waals surface area (Å²) in [4.78, 5) is 31.5. The van der Waals surface area contributed by atoms with E-state index in [9.17, 15) is 9.59 Å². The fourth-order valence-corrected chi connectivity index (χ4v) is 3.71. The lowest BCUT2D eigenvalue weighted by Crippen LogP contribution is -2.60. The number of hydrogen-bond acceptors (Lipinski definition) is 5. The summed E-state index contributed by atoms with van der Waals surface area (Å²) in [5, 5.41) is 0. The molecule has 0 saturated carbocycles. The van der Waals surface area contributed by atoms with Gasteiger partial charge in [-0.15, -0.1) is 0 Å². The van der Waals surface area contributed by atoms with Gasteiger partial charge in [-0.2, -0.15) is 0 Å². The molecule has 1 amide bonds. The monoisotopic (exact) mass is 346 g/mol. The third-order valence-electron chi connectivity index (χ3n) is 4.77. The molecule has 2 fully saturated rings. The van der Waals surface area contributed by atoms with E-state index in [1.807, 2.05) is 33.8 Å². The first-order valence-corrected chi connectivity index (χ1v) is 8.81. The molecule has 2 atom stereocenters. The number of carbonyl (C=O) groups is 2. The van der Waals surface area contributed by atoms with Crippen molar-refractivity contribution < 1.29 is 19.1 Å². The van der Waals surface area contributed by atoms with Gasteiger partial charge in [0.15, 0.2) is 5.78 Å². The van der Waals surface area contributed by atoms with Crippen molar-refractivity contribution in [3.8, 4) is 0 Å². The van der Waals surface area contributed by atoms with Gasteiger partial charge < -0.3 is 9.47 Å². The number of pyridine rings is 1. The summed E-state index contributed by atoms with van der Waals surface area (Å²) in [6.45, 7) is 8.33. The SMILES string of the molecule is Cc1ncccc1C(=O)C1CC2COCC(C1)N2C(=O)OC(C)(C)C. The first kappa shape index (κ1) is 17.9. The molecule has 2 unspecified atom stereocenters. The van der Waals surface area contributed by atoms with Crippen molar-refractivity contribution in [2.75, 3.05) is 13.2 Å². The van der Waals surface area contributed by atoms with Crippen LogP contribution in [0.25, 0.3) is 0 Å². The molecule has 0 spiro atoms. The first-order chi connectivity index (χ1) is 11.8. The predicted octanol–water partition coefficient (Wildman–Crippen LogP) is 2.99. The smallest absolute Gasteiger partial charge is 0.410 e. The van der Waals surface area contributed by atoms with E-state index in [2.05, 4.69) is 4.98 Å². The molecule has 2 aliphatic rings. The highest BCUT2D eigenvalue weighted by molar-refractivity contribution is 5.99. The normalized spacial score (nSPS) is 26.2. The minimum Gasteiger partial charge on any atom is -0.444 e. The quantitative estimate of drug-likeness (QED) is 0.770. The molecule has 3 rings (SSSR count). The van der Waals surface area contributed by atoms with E-state index in [1.165, 1.54) is 0 Å². The van der Waals surface area contributed by atoms with E-state index in [0.717, 1.165) is 5.69 Å². The van der Waals surface area contributed by atoms with Crippen LogP contribution in [0.4, 0.5) is 4.79 Å². The number of rotatable bonds is 2. The second-order valence-electron chi connectivity index (χ2n) is 7.90. The Balaban J connectivity index is 1.76. The van der Waals surface area contributed by atoms with Crippen molar-refractivity contribution in [1.82, 2.24) is 9.88 Å². The number of ether oxygens (including phenoxy) is 2. The van der Waals surface area contributed by atoms with Gasteiger partial charge in [0, 0.05) is 23.4 Å². The zero-order valence-electron chi connectivity index (χ0n) is 15.3. The molecular weight excluding hydrogens is 320 g/mol. The van der Waals surface area contributed by atoms with E-state index in [1.54, 1.807) is 17.2 Å². The number of ketones is 1. The second kappa shape index (κ2) is 6.75. The summed E-state index contributed by atoms with van der Waals surface area (Å²) in [6.07, 6.45) is 2.58. The lowest BCUT2D eigenvalue weighted by Gasteiger charge is -2.47. The average Bonchev–Trinajstić information content (AvgIpc) is 2.51. The van der Waals surface area contributed by atoms with Gasteiger partial charge in [0.2, 0.25) is 0 Å². The van der Waals surface area contributed by atoms with E-state index < -0.39 is 5.60 Å². The predicted molar refractivity (Wildman–Crippen MR) is 92.5 cm³/mol. The standard InChI is InChI=1S/C19H26N2O4/c1-12-16(6-5-7-20-12)17(22)13-8-14-10-24-11-15(9-13)21(14)18(23)25-19(2,3)4/h5-7,13-15H,8-11H2,1-4H3. The molecule has 2 bridgehead atoms. The van der Waals surface area contributed by atoms with Crippen LogP contribution in [-0.4, -0.2) is 52.7 Å². The van der Waals surface area contributed by atoms with Crippen LogP contribution < -0.4 is 0 Å². The molecule has 1 aromatic rings. The number of piperidine rings is 1. The molecule has 3 heterocycles. The fourth-order valence-electron chi connectivity index (χ4n) is 3.71. The highest BCUT2D eigenvalue weighted by atomic mass is 16.6. The summed E-state index contributed by atoms with van der Waals surface area (Å²) in [5.74, 6) is 0.00632. The molecule has 1 aromatic heterocycles.